The van der Waals surface area contributed by atoms with Gasteiger partial charge in [0.2, 0.25) is 11.8 Å². The van der Waals surface area contributed by atoms with Crippen LogP contribution in [0.2, 0.25) is 0 Å². The minimum absolute atomic E-state index is 0.226. The summed E-state index contributed by atoms with van der Waals surface area (Å²) in [5.41, 5.74) is 2.43. The van der Waals surface area contributed by atoms with Gasteiger partial charge in [-0.1, -0.05) is 81.1 Å². The summed E-state index contributed by atoms with van der Waals surface area (Å²) in [6.07, 6.45) is 7.54. The van der Waals surface area contributed by atoms with E-state index in [1.54, 1.807) is 0 Å². The molecule has 2 atom stereocenters. The number of hydrogen-bond donors (Lipinski definition) is 3. The standard InChI is InChI=1S/C29H56N2O4/c1-9-13-28(34,14-10-2)23(19-21(5)6)31(26(33)27(17-18-27)25(30)32)24(20-22(7)8)29(35,15-11-3)16-12-4/h21-24,34-35H,9-20H2,1-8H3,(H2,30,32). The quantitative estimate of drug-likeness (QED) is 0.216. The second-order valence-corrected chi connectivity index (χ2v) is 12.2. The molecule has 0 heterocycles. The predicted molar refractivity (Wildman–Crippen MR) is 144 cm³/mol. The van der Waals surface area contributed by atoms with Crippen LogP contribution >= 0.6 is 0 Å². The zero-order valence-corrected chi connectivity index (χ0v) is 24.0. The molecule has 0 aliphatic heterocycles. The molecule has 1 aliphatic rings. The summed E-state index contributed by atoms with van der Waals surface area (Å²) in [6.45, 7) is 16.7. The van der Waals surface area contributed by atoms with Crippen LogP contribution in [0.1, 0.15) is 132 Å². The van der Waals surface area contributed by atoms with Crippen LogP contribution in [0, 0.1) is 17.3 Å². The van der Waals surface area contributed by atoms with E-state index in [0.717, 1.165) is 25.7 Å². The Labute approximate surface area is 215 Å². The summed E-state index contributed by atoms with van der Waals surface area (Å²) in [5.74, 6) is -0.408. The smallest absolute Gasteiger partial charge is 0.238 e. The molecule has 0 aromatic heterocycles. The van der Waals surface area contributed by atoms with Crippen molar-refractivity contribution < 1.29 is 19.8 Å². The lowest BCUT2D eigenvalue weighted by Crippen LogP contribution is -2.66. The third-order valence-electron chi connectivity index (χ3n) is 7.90. The van der Waals surface area contributed by atoms with Crippen molar-refractivity contribution in [3.05, 3.63) is 0 Å². The van der Waals surface area contributed by atoms with Gasteiger partial charge in [-0.2, -0.15) is 0 Å². The maximum absolute atomic E-state index is 14.4. The van der Waals surface area contributed by atoms with Crippen molar-refractivity contribution in [2.24, 2.45) is 23.0 Å². The van der Waals surface area contributed by atoms with Crippen molar-refractivity contribution in [1.82, 2.24) is 4.90 Å². The topological polar surface area (TPSA) is 104 Å². The number of nitrogens with two attached hydrogens (primary N) is 1. The molecule has 1 saturated carbocycles. The highest BCUT2D eigenvalue weighted by molar-refractivity contribution is 6.07. The van der Waals surface area contributed by atoms with Crippen molar-refractivity contribution in [2.45, 2.75) is 156 Å². The van der Waals surface area contributed by atoms with Gasteiger partial charge in [0, 0.05) is 0 Å². The highest BCUT2D eigenvalue weighted by atomic mass is 16.3. The largest absolute Gasteiger partial charge is 0.388 e. The Morgan fingerprint density at radius 1 is 0.771 bits per heavy atom. The van der Waals surface area contributed by atoms with E-state index < -0.39 is 34.6 Å². The van der Waals surface area contributed by atoms with Gasteiger partial charge < -0.3 is 20.8 Å². The molecule has 206 valence electrons. The molecule has 35 heavy (non-hydrogen) atoms. The number of primary amides is 1. The number of carbonyl (C=O) groups excluding carboxylic acids is 2. The van der Waals surface area contributed by atoms with E-state index in [9.17, 15) is 19.8 Å². The second kappa shape index (κ2) is 13.4. The lowest BCUT2D eigenvalue weighted by molar-refractivity contribution is -0.171. The fraction of sp³-hybridized carbons (Fsp3) is 0.931. The van der Waals surface area contributed by atoms with Gasteiger partial charge in [-0.25, -0.2) is 0 Å². The minimum atomic E-state index is -1.21. The number of carbonyl (C=O) groups is 2. The molecule has 1 fully saturated rings. The van der Waals surface area contributed by atoms with E-state index in [2.05, 4.69) is 55.4 Å². The van der Waals surface area contributed by atoms with E-state index in [1.807, 2.05) is 4.90 Å². The highest BCUT2D eigenvalue weighted by Gasteiger charge is 2.61. The Morgan fingerprint density at radius 3 is 1.29 bits per heavy atom. The molecule has 2 amide bonds. The van der Waals surface area contributed by atoms with Crippen molar-refractivity contribution >= 4 is 11.8 Å². The van der Waals surface area contributed by atoms with E-state index in [-0.39, 0.29) is 17.7 Å². The van der Waals surface area contributed by atoms with Crippen LogP contribution in [0.25, 0.3) is 0 Å². The first-order chi connectivity index (χ1) is 16.3. The predicted octanol–water partition coefficient (Wildman–Crippen LogP) is 5.57. The Balaban J connectivity index is 3.90. The molecule has 0 spiro atoms. The molecule has 2 unspecified atom stereocenters. The highest BCUT2D eigenvalue weighted by Crippen LogP contribution is 2.50. The molecule has 0 aromatic carbocycles. The number of hydrogen-bond acceptors (Lipinski definition) is 4. The van der Waals surface area contributed by atoms with Gasteiger partial charge >= 0.3 is 0 Å². The molecule has 0 bridgehead atoms. The first kappa shape index (κ1) is 31.9. The van der Waals surface area contributed by atoms with Gasteiger partial charge in [0.15, 0.2) is 0 Å². The molecule has 6 nitrogen and oxygen atoms in total. The van der Waals surface area contributed by atoms with Crippen molar-refractivity contribution in [1.29, 1.82) is 0 Å². The van der Waals surface area contributed by atoms with Crippen LogP contribution < -0.4 is 5.73 Å². The molecule has 0 aromatic rings. The monoisotopic (exact) mass is 496 g/mol. The van der Waals surface area contributed by atoms with Gasteiger partial charge in [0.05, 0.1) is 23.3 Å². The van der Waals surface area contributed by atoms with Crippen LogP contribution in [0.3, 0.4) is 0 Å². The van der Waals surface area contributed by atoms with E-state index in [1.165, 1.54) is 0 Å². The van der Waals surface area contributed by atoms with Crippen LogP contribution in [0.15, 0.2) is 0 Å². The molecule has 0 saturated heterocycles. The van der Waals surface area contributed by atoms with Gasteiger partial charge in [0.1, 0.15) is 5.41 Å². The molecule has 1 aliphatic carbocycles. The molecular formula is C29H56N2O4. The Kier molecular flexibility index (Phi) is 12.2. The van der Waals surface area contributed by atoms with Crippen LogP contribution in [-0.4, -0.2) is 50.2 Å². The van der Waals surface area contributed by atoms with E-state index in [0.29, 0.717) is 51.4 Å². The zero-order chi connectivity index (χ0) is 27.0. The Hall–Kier alpha value is -1.14. The summed E-state index contributed by atoms with van der Waals surface area (Å²) in [5, 5.41) is 24.4. The van der Waals surface area contributed by atoms with Gasteiger partial charge in [-0.15, -0.1) is 0 Å². The lowest BCUT2D eigenvalue weighted by atomic mass is 9.74. The SMILES string of the molecule is CCCC(O)(CCC)C(CC(C)C)N(C(=O)C1(C(N)=O)CC1)C(CC(C)C)C(O)(CCC)CCC. The molecule has 1 rings (SSSR count). The maximum Gasteiger partial charge on any atom is 0.238 e. The van der Waals surface area contributed by atoms with Crippen LogP contribution in [0.4, 0.5) is 0 Å². The van der Waals surface area contributed by atoms with Crippen molar-refractivity contribution in [2.75, 3.05) is 0 Å². The second-order valence-electron chi connectivity index (χ2n) is 12.2. The summed E-state index contributed by atoms with van der Waals surface area (Å²) >= 11 is 0. The normalized spacial score (nSPS) is 17.5. The summed E-state index contributed by atoms with van der Waals surface area (Å²) in [7, 11) is 0. The number of rotatable bonds is 18. The van der Waals surface area contributed by atoms with Crippen LogP contribution in [0.5, 0.6) is 0 Å². The number of aliphatic hydroxyl groups is 2. The first-order valence-corrected chi connectivity index (χ1v) is 14.4. The molecule has 4 N–H and O–H groups in total. The number of amides is 2. The summed E-state index contributed by atoms with van der Waals surface area (Å²) in [4.78, 5) is 28.8. The van der Waals surface area contributed by atoms with Crippen LogP contribution in [-0.2, 0) is 9.59 Å². The van der Waals surface area contributed by atoms with Gasteiger partial charge in [0.25, 0.3) is 0 Å². The fourth-order valence-electron chi connectivity index (χ4n) is 6.16. The van der Waals surface area contributed by atoms with E-state index >= 15 is 0 Å². The average molecular weight is 497 g/mol. The Morgan fingerprint density at radius 2 is 1.09 bits per heavy atom. The molecular weight excluding hydrogens is 440 g/mol. The average Bonchev–Trinajstić information content (AvgIpc) is 3.55. The number of nitrogens with zero attached hydrogens (tertiary/aromatic N) is 1. The van der Waals surface area contributed by atoms with Crippen molar-refractivity contribution in [3.8, 4) is 0 Å². The van der Waals surface area contributed by atoms with Crippen molar-refractivity contribution in [3.63, 3.8) is 0 Å². The first-order valence-electron chi connectivity index (χ1n) is 14.4. The molecule has 6 heteroatoms. The summed E-state index contributed by atoms with van der Waals surface area (Å²) < 4.78 is 0. The minimum Gasteiger partial charge on any atom is -0.388 e. The lowest BCUT2D eigenvalue weighted by Gasteiger charge is -2.52. The fourth-order valence-corrected chi connectivity index (χ4v) is 6.16. The maximum atomic E-state index is 14.4. The van der Waals surface area contributed by atoms with Gasteiger partial charge in [-0.05, 0) is 63.2 Å². The van der Waals surface area contributed by atoms with E-state index in [4.69, 9.17) is 5.73 Å². The Bertz CT molecular complexity index is 624. The third-order valence-corrected chi connectivity index (χ3v) is 7.90. The zero-order valence-electron chi connectivity index (χ0n) is 24.0. The summed E-state index contributed by atoms with van der Waals surface area (Å²) in [6, 6.07) is -0.980. The third kappa shape index (κ3) is 7.67. The molecule has 0 radical (unpaired) electrons. The van der Waals surface area contributed by atoms with Gasteiger partial charge in [-0.3, -0.25) is 9.59 Å².